The van der Waals surface area contributed by atoms with Crippen molar-refractivity contribution in [3.63, 3.8) is 0 Å². The van der Waals surface area contributed by atoms with Crippen molar-refractivity contribution in [3.05, 3.63) is 52.2 Å². The first-order valence-electron chi connectivity index (χ1n) is 9.06. The van der Waals surface area contributed by atoms with Crippen LogP contribution in [0.2, 0.25) is 0 Å². The molecule has 3 rings (SSSR count). The third-order valence-corrected chi connectivity index (χ3v) is 5.96. The summed E-state index contributed by atoms with van der Waals surface area (Å²) < 4.78 is 0. The number of nitrogens with zero attached hydrogens (tertiary/aromatic N) is 1. The Labute approximate surface area is 160 Å². The van der Waals surface area contributed by atoms with Crippen LogP contribution in [0.5, 0.6) is 0 Å². The van der Waals surface area contributed by atoms with Crippen molar-refractivity contribution in [2.45, 2.75) is 38.6 Å². The molecule has 0 saturated carbocycles. The Kier molecular flexibility index (Phi) is 6.45. The fraction of sp³-hybridized carbons (Fsp3) is 0.450. The summed E-state index contributed by atoms with van der Waals surface area (Å²) in [6.07, 6.45) is 2.60. The second-order valence-corrected chi connectivity index (χ2v) is 8.27. The molecule has 1 aromatic carbocycles. The minimum atomic E-state index is 0.408. The minimum Gasteiger partial charge on any atom is -0.360 e. The van der Waals surface area contributed by atoms with Crippen LogP contribution < -0.4 is 10.6 Å². The topological polar surface area (TPSA) is 27.3 Å². The minimum absolute atomic E-state index is 0.408. The average molecular weight is 374 g/mol. The van der Waals surface area contributed by atoms with Gasteiger partial charge in [-0.3, -0.25) is 4.90 Å². The SMILES string of the molecule is CC(C)c1ccc(NC(=S)NC[C@H](c2cccs2)N2CCCC2)cc1. The molecule has 1 fully saturated rings. The highest BCUT2D eigenvalue weighted by Gasteiger charge is 2.24. The van der Waals surface area contributed by atoms with Crippen LogP contribution in [0.4, 0.5) is 5.69 Å². The van der Waals surface area contributed by atoms with E-state index >= 15 is 0 Å². The van der Waals surface area contributed by atoms with Gasteiger partial charge in [0.1, 0.15) is 0 Å². The zero-order valence-electron chi connectivity index (χ0n) is 15.0. The van der Waals surface area contributed by atoms with Crippen molar-refractivity contribution < 1.29 is 0 Å². The molecule has 0 bridgehead atoms. The van der Waals surface area contributed by atoms with E-state index in [1.807, 2.05) is 11.3 Å². The molecule has 134 valence electrons. The molecule has 1 aliphatic heterocycles. The Balaban J connectivity index is 1.56. The average Bonchev–Trinajstić information content (AvgIpc) is 3.29. The van der Waals surface area contributed by atoms with Crippen molar-refractivity contribution in [1.29, 1.82) is 0 Å². The van der Waals surface area contributed by atoms with Gasteiger partial charge in [-0.15, -0.1) is 11.3 Å². The van der Waals surface area contributed by atoms with Crippen LogP contribution in [0.15, 0.2) is 41.8 Å². The highest BCUT2D eigenvalue weighted by atomic mass is 32.1. The van der Waals surface area contributed by atoms with Crippen LogP contribution >= 0.6 is 23.6 Å². The summed E-state index contributed by atoms with van der Waals surface area (Å²) in [5.41, 5.74) is 2.38. The Hall–Kier alpha value is -1.43. The molecule has 3 nitrogen and oxygen atoms in total. The molecule has 2 aromatic rings. The summed E-state index contributed by atoms with van der Waals surface area (Å²) in [5, 5.41) is 9.57. The molecule has 0 radical (unpaired) electrons. The third kappa shape index (κ3) is 5.03. The fourth-order valence-electron chi connectivity index (χ4n) is 3.26. The van der Waals surface area contributed by atoms with Gasteiger partial charge < -0.3 is 10.6 Å². The normalized spacial score (nSPS) is 16.1. The van der Waals surface area contributed by atoms with E-state index in [9.17, 15) is 0 Å². The van der Waals surface area contributed by atoms with Gasteiger partial charge in [-0.25, -0.2) is 0 Å². The first kappa shape index (κ1) is 18.4. The van der Waals surface area contributed by atoms with Crippen LogP contribution in [-0.4, -0.2) is 29.6 Å². The van der Waals surface area contributed by atoms with Crippen molar-refractivity contribution in [2.75, 3.05) is 25.0 Å². The molecule has 2 heterocycles. The Bertz CT molecular complexity index is 659. The number of rotatable bonds is 6. The van der Waals surface area contributed by atoms with Crippen LogP contribution in [0, 0.1) is 0 Å². The second kappa shape index (κ2) is 8.79. The van der Waals surface area contributed by atoms with Gasteiger partial charge >= 0.3 is 0 Å². The first-order chi connectivity index (χ1) is 12.1. The van der Waals surface area contributed by atoms with Crippen molar-refractivity contribution in [1.82, 2.24) is 10.2 Å². The summed E-state index contributed by atoms with van der Waals surface area (Å²) >= 11 is 7.34. The summed E-state index contributed by atoms with van der Waals surface area (Å²) in [6.45, 7) is 7.62. The third-order valence-electron chi connectivity index (χ3n) is 4.74. The Morgan fingerprint density at radius 1 is 1.16 bits per heavy atom. The van der Waals surface area contributed by atoms with Crippen LogP contribution in [0.25, 0.3) is 0 Å². The molecule has 1 aromatic heterocycles. The van der Waals surface area contributed by atoms with Gasteiger partial charge in [-0.2, -0.15) is 0 Å². The molecule has 1 atom stereocenters. The molecule has 0 spiro atoms. The van der Waals surface area contributed by atoms with E-state index in [1.165, 1.54) is 36.4 Å². The fourth-order valence-corrected chi connectivity index (χ4v) is 4.32. The van der Waals surface area contributed by atoms with E-state index in [2.05, 4.69) is 71.2 Å². The van der Waals surface area contributed by atoms with Crippen molar-refractivity contribution in [3.8, 4) is 0 Å². The Morgan fingerprint density at radius 2 is 1.88 bits per heavy atom. The lowest BCUT2D eigenvalue weighted by molar-refractivity contribution is 0.249. The summed E-state index contributed by atoms with van der Waals surface area (Å²) in [4.78, 5) is 3.98. The largest absolute Gasteiger partial charge is 0.360 e. The molecule has 25 heavy (non-hydrogen) atoms. The standard InChI is InChI=1S/C20H27N3S2/c1-15(2)16-7-9-17(10-8-16)22-20(24)21-14-18(19-6-5-13-25-19)23-11-3-4-12-23/h5-10,13,15,18H,3-4,11-12,14H2,1-2H3,(H2,21,22,24)/t18-/m1/s1. The van der Waals surface area contributed by atoms with Gasteiger partial charge in [0.2, 0.25) is 0 Å². The van der Waals surface area contributed by atoms with E-state index < -0.39 is 0 Å². The zero-order chi connectivity index (χ0) is 17.6. The van der Waals surface area contributed by atoms with E-state index in [4.69, 9.17) is 12.2 Å². The van der Waals surface area contributed by atoms with Gasteiger partial charge in [0.05, 0.1) is 6.04 Å². The number of hydrogen-bond acceptors (Lipinski definition) is 3. The van der Waals surface area contributed by atoms with Crippen LogP contribution in [-0.2, 0) is 0 Å². The second-order valence-electron chi connectivity index (χ2n) is 6.89. The quantitative estimate of drug-likeness (QED) is 0.697. The lowest BCUT2D eigenvalue weighted by Crippen LogP contribution is -2.38. The molecule has 0 unspecified atom stereocenters. The number of benzene rings is 1. The molecule has 1 aliphatic rings. The monoisotopic (exact) mass is 373 g/mol. The van der Waals surface area contributed by atoms with E-state index in [1.54, 1.807) is 0 Å². The van der Waals surface area contributed by atoms with Crippen LogP contribution in [0.1, 0.15) is 49.1 Å². The molecular weight excluding hydrogens is 346 g/mol. The van der Waals surface area contributed by atoms with Crippen molar-refractivity contribution in [2.24, 2.45) is 0 Å². The van der Waals surface area contributed by atoms with Crippen LogP contribution in [0.3, 0.4) is 0 Å². The molecule has 2 N–H and O–H groups in total. The van der Waals surface area contributed by atoms with E-state index in [-0.39, 0.29) is 0 Å². The molecule has 0 amide bonds. The van der Waals surface area contributed by atoms with E-state index in [0.29, 0.717) is 17.1 Å². The number of anilines is 1. The molecule has 0 aliphatic carbocycles. The summed E-state index contributed by atoms with van der Waals surface area (Å²) in [5.74, 6) is 0.547. The summed E-state index contributed by atoms with van der Waals surface area (Å²) in [7, 11) is 0. The predicted octanol–water partition coefficient (Wildman–Crippen LogP) is 5.00. The van der Waals surface area contributed by atoms with Gasteiger partial charge in [-0.1, -0.05) is 32.0 Å². The van der Waals surface area contributed by atoms with Crippen molar-refractivity contribution >= 4 is 34.4 Å². The maximum absolute atomic E-state index is 5.51. The Morgan fingerprint density at radius 3 is 2.48 bits per heavy atom. The molecule has 5 heteroatoms. The lowest BCUT2D eigenvalue weighted by Gasteiger charge is -2.27. The molecular formula is C20H27N3S2. The van der Waals surface area contributed by atoms with Gasteiger partial charge in [0, 0.05) is 17.1 Å². The van der Waals surface area contributed by atoms with E-state index in [0.717, 1.165) is 12.2 Å². The number of thiophene rings is 1. The maximum atomic E-state index is 5.51. The highest BCUT2D eigenvalue weighted by Crippen LogP contribution is 2.27. The number of hydrogen-bond donors (Lipinski definition) is 2. The van der Waals surface area contributed by atoms with Gasteiger partial charge in [-0.05, 0) is 73.2 Å². The van der Waals surface area contributed by atoms with Gasteiger partial charge in [0.15, 0.2) is 5.11 Å². The number of thiocarbonyl (C=S) groups is 1. The molecule has 1 saturated heterocycles. The van der Waals surface area contributed by atoms with Gasteiger partial charge in [0.25, 0.3) is 0 Å². The number of likely N-dealkylation sites (tertiary alicyclic amines) is 1. The lowest BCUT2D eigenvalue weighted by atomic mass is 10.0. The maximum Gasteiger partial charge on any atom is 0.170 e. The number of nitrogens with one attached hydrogen (secondary N) is 2. The predicted molar refractivity (Wildman–Crippen MR) is 113 cm³/mol. The highest BCUT2D eigenvalue weighted by molar-refractivity contribution is 7.80. The first-order valence-corrected chi connectivity index (χ1v) is 10.3. The smallest absolute Gasteiger partial charge is 0.170 e. The zero-order valence-corrected chi connectivity index (χ0v) is 16.6. The summed E-state index contributed by atoms with van der Waals surface area (Å²) in [6, 6.07) is 13.3.